The second-order valence-electron chi connectivity index (χ2n) is 4.66. The van der Waals surface area contributed by atoms with Gasteiger partial charge in [0.25, 0.3) is 0 Å². The number of nitrogens with zero attached hydrogens (tertiary/aromatic N) is 2. The normalized spacial score (nSPS) is 10.0. The second kappa shape index (κ2) is 7.04. The van der Waals surface area contributed by atoms with Gasteiger partial charge in [-0.15, -0.1) is 0 Å². The molecule has 0 aliphatic rings. The Bertz CT molecular complexity index is 505. The van der Waals surface area contributed by atoms with Crippen molar-refractivity contribution >= 4 is 11.4 Å². The SMILES string of the molecule is Cn1c[n+](C)cc1CCCNc1ccc(N)cc1.[Cl-]. The highest BCUT2D eigenvalue weighted by molar-refractivity contribution is 5.51. The summed E-state index contributed by atoms with van der Waals surface area (Å²) in [5, 5.41) is 3.40. The summed E-state index contributed by atoms with van der Waals surface area (Å²) >= 11 is 0. The van der Waals surface area contributed by atoms with Gasteiger partial charge in [-0.2, -0.15) is 0 Å². The van der Waals surface area contributed by atoms with E-state index in [0.29, 0.717) is 0 Å². The molecule has 104 valence electrons. The Labute approximate surface area is 120 Å². The number of aromatic nitrogens is 2. The van der Waals surface area contributed by atoms with Crippen molar-refractivity contribution in [3.05, 3.63) is 42.5 Å². The molecular weight excluding hydrogens is 260 g/mol. The predicted octanol–water partition coefficient (Wildman–Crippen LogP) is -1.52. The standard InChI is InChI=1S/C14H21N4.ClH/c1-17-10-14(18(2)11-17)4-3-9-16-13-7-5-12(15)6-8-13;/h5-8,10-11,16H,3-4,9,15H2,1-2H3;1H/q+1;/p-1. The zero-order valence-corrected chi connectivity index (χ0v) is 12.2. The number of hydrogen-bond acceptors (Lipinski definition) is 2. The first-order chi connectivity index (χ1) is 8.65. The van der Waals surface area contributed by atoms with E-state index in [4.69, 9.17) is 5.73 Å². The van der Waals surface area contributed by atoms with Crippen LogP contribution in [0.3, 0.4) is 0 Å². The molecule has 0 unspecified atom stereocenters. The molecule has 1 heterocycles. The fourth-order valence-corrected chi connectivity index (χ4v) is 2.05. The van der Waals surface area contributed by atoms with Crippen molar-refractivity contribution in [3.8, 4) is 0 Å². The fourth-order valence-electron chi connectivity index (χ4n) is 2.05. The van der Waals surface area contributed by atoms with Crippen LogP contribution in [0.4, 0.5) is 11.4 Å². The van der Waals surface area contributed by atoms with Gasteiger partial charge in [0.15, 0.2) is 0 Å². The lowest BCUT2D eigenvalue weighted by molar-refractivity contribution is -0.671. The highest BCUT2D eigenvalue weighted by Crippen LogP contribution is 2.10. The van der Waals surface area contributed by atoms with E-state index in [-0.39, 0.29) is 12.4 Å². The molecule has 2 aromatic rings. The van der Waals surface area contributed by atoms with Gasteiger partial charge in [-0.3, -0.25) is 0 Å². The highest BCUT2D eigenvalue weighted by atomic mass is 35.5. The molecule has 0 amide bonds. The summed E-state index contributed by atoms with van der Waals surface area (Å²) in [6, 6.07) is 7.86. The van der Waals surface area contributed by atoms with Crippen LogP contribution in [0.25, 0.3) is 0 Å². The first-order valence-electron chi connectivity index (χ1n) is 6.25. The van der Waals surface area contributed by atoms with Crippen molar-refractivity contribution in [2.75, 3.05) is 17.6 Å². The van der Waals surface area contributed by atoms with Gasteiger partial charge in [0.2, 0.25) is 6.33 Å². The summed E-state index contributed by atoms with van der Waals surface area (Å²) < 4.78 is 4.26. The molecular formula is C14H21ClN4. The molecule has 0 aliphatic carbocycles. The van der Waals surface area contributed by atoms with Gasteiger partial charge in [-0.1, -0.05) is 0 Å². The Morgan fingerprint density at radius 2 is 1.95 bits per heavy atom. The fraction of sp³-hybridized carbons (Fsp3) is 0.357. The van der Waals surface area contributed by atoms with Gasteiger partial charge in [-0.05, 0) is 30.7 Å². The maximum absolute atomic E-state index is 5.64. The third kappa shape index (κ3) is 4.48. The summed E-state index contributed by atoms with van der Waals surface area (Å²) in [4.78, 5) is 0. The molecule has 0 spiro atoms. The first-order valence-corrected chi connectivity index (χ1v) is 6.25. The summed E-state index contributed by atoms with van der Waals surface area (Å²) in [5.74, 6) is 0. The van der Waals surface area contributed by atoms with Gasteiger partial charge < -0.3 is 23.5 Å². The number of aryl methyl sites for hydroxylation is 3. The Hall–Kier alpha value is -1.68. The van der Waals surface area contributed by atoms with Crippen molar-refractivity contribution < 1.29 is 17.0 Å². The van der Waals surface area contributed by atoms with E-state index >= 15 is 0 Å². The number of nitrogens with two attached hydrogens (primary N) is 1. The Morgan fingerprint density at radius 3 is 2.53 bits per heavy atom. The topological polar surface area (TPSA) is 46.9 Å². The molecule has 4 nitrogen and oxygen atoms in total. The molecule has 19 heavy (non-hydrogen) atoms. The number of halogens is 1. The molecule has 3 N–H and O–H groups in total. The molecule has 0 saturated carbocycles. The van der Waals surface area contributed by atoms with Crippen LogP contribution in [0.2, 0.25) is 0 Å². The predicted molar refractivity (Wildman–Crippen MR) is 74.3 cm³/mol. The van der Waals surface area contributed by atoms with Crippen molar-refractivity contribution in [2.24, 2.45) is 14.1 Å². The number of nitrogen functional groups attached to an aromatic ring is 1. The zero-order chi connectivity index (χ0) is 13.0. The van der Waals surface area contributed by atoms with E-state index in [1.54, 1.807) is 0 Å². The molecule has 1 aromatic heterocycles. The molecule has 0 bridgehead atoms. The van der Waals surface area contributed by atoms with Gasteiger partial charge >= 0.3 is 0 Å². The molecule has 0 fully saturated rings. The lowest BCUT2D eigenvalue weighted by Gasteiger charge is -2.05. The summed E-state index contributed by atoms with van der Waals surface area (Å²) in [6.07, 6.45) is 6.45. The number of rotatable bonds is 5. The van der Waals surface area contributed by atoms with Gasteiger partial charge in [0, 0.05) is 24.3 Å². The van der Waals surface area contributed by atoms with E-state index in [2.05, 4.69) is 41.1 Å². The van der Waals surface area contributed by atoms with E-state index in [1.807, 2.05) is 24.3 Å². The van der Waals surface area contributed by atoms with Crippen molar-refractivity contribution in [1.82, 2.24) is 4.57 Å². The number of imidazole rings is 1. The number of hydrogen-bond donors (Lipinski definition) is 2. The van der Waals surface area contributed by atoms with E-state index in [9.17, 15) is 0 Å². The largest absolute Gasteiger partial charge is 1.00 e. The van der Waals surface area contributed by atoms with Crippen LogP contribution >= 0.6 is 0 Å². The minimum Gasteiger partial charge on any atom is -1.00 e. The maximum Gasteiger partial charge on any atom is 0.243 e. The lowest BCUT2D eigenvalue weighted by atomic mass is 10.2. The quantitative estimate of drug-likeness (QED) is 0.397. The monoisotopic (exact) mass is 280 g/mol. The molecule has 0 saturated heterocycles. The highest BCUT2D eigenvalue weighted by Gasteiger charge is 2.06. The van der Waals surface area contributed by atoms with Crippen molar-refractivity contribution in [2.45, 2.75) is 12.8 Å². The Morgan fingerprint density at radius 1 is 1.26 bits per heavy atom. The number of nitrogens with one attached hydrogen (secondary N) is 1. The summed E-state index contributed by atoms with van der Waals surface area (Å²) in [6.45, 7) is 0.971. The lowest BCUT2D eigenvalue weighted by Crippen LogP contribution is -3.00. The van der Waals surface area contributed by atoms with E-state index < -0.39 is 0 Å². The first kappa shape index (κ1) is 15.4. The average molecular weight is 281 g/mol. The van der Waals surface area contributed by atoms with E-state index in [1.165, 1.54) is 5.69 Å². The number of benzene rings is 1. The third-order valence-corrected chi connectivity index (χ3v) is 3.01. The van der Waals surface area contributed by atoms with Crippen LogP contribution in [0.15, 0.2) is 36.8 Å². The molecule has 0 atom stereocenters. The molecule has 0 aliphatic heterocycles. The second-order valence-corrected chi connectivity index (χ2v) is 4.66. The van der Waals surface area contributed by atoms with Gasteiger partial charge in [0.05, 0.1) is 14.1 Å². The molecule has 5 heteroatoms. The number of anilines is 2. The molecule has 0 radical (unpaired) electrons. The Balaban J connectivity index is 0.00000180. The molecule has 1 aromatic carbocycles. The zero-order valence-electron chi connectivity index (χ0n) is 11.4. The van der Waals surface area contributed by atoms with Crippen LogP contribution in [0, 0.1) is 0 Å². The minimum absolute atomic E-state index is 0. The Kier molecular flexibility index (Phi) is 5.70. The van der Waals surface area contributed by atoms with Gasteiger partial charge in [-0.25, -0.2) is 9.13 Å². The molecule has 2 rings (SSSR count). The van der Waals surface area contributed by atoms with Crippen molar-refractivity contribution in [3.63, 3.8) is 0 Å². The smallest absolute Gasteiger partial charge is 0.243 e. The van der Waals surface area contributed by atoms with Gasteiger partial charge in [0.1, 0.15) is 11.9 Å². The average Bonchev–Trinajstić information content (AvgIpc) is 2.66. The van der Waals surface area contributed by atoms with Crippen molar-refractivity contribution in [1.29, 1.82) is 0 Å². The van der Waals surface area contributed by atoms with Crippen LogP contribution in [-0.4, -0.2) is 11.1 Å². The van der Waals surface area contributed by atoms with Crippen LogP contribution in [-0.2, 0) is 20.5 Å². The summed E-state index contributed by atoms with van der Waals surface area (Å²) in [7, 11) is 4.14. The third-order valence-electron chi connectivity index (χ3n) is 3.01. The minimum atomic E-state index is 0. The van der Waals surface area contributed by atoms with Crippen LogP contribution in [0.1, 0.15) is 12.1 Å². The van der Waals surface area contributed by atoms with Crippen LogP contribution in [0.5, 0.6) is 0 Å². The maximum atomic E-state index is 5.64. The van der Waals surface area contributed by atoms with Crippen LogP contribution < -0.4 is 28.0 Å². The van der Waals surface area contributed by atoms with E-state index in [0.717, 1.165) is 30.8 Å². The summed E-state index contributed by atoms with van der Waals surface area (Å²) in [5.41, 5.74) is 8.93.